The SMILES string of the molecule is COc1ccc(C=C2N=C(SCC(=O)Nc3ccccc3C(C)C)N(c3cc(C)cc(C)c3)C2=O)cc1. The van der Waals surface area contributed by atoms with Crippen LogP contribution in [0, 0.1) is 13.8 Å². The van der Waals surface area contributed by atoms with E-state index < -0.39 is 0 Å². The van der Waals surface area contributed by atoms with Crippen LogP contribution in [0.3, 0.4) is 0 Å². The van der Waals surface area contributed by atoms with Crippen LogP contribution in [0.5, 0.6) is 5.75 Å². The van der Waals surface area contributed by atoms with Crippen molar-refractivity contribution in [1.29, 1.82) is 0 Å². The normalized spacial score (nSPS) is 14.3. The Kier molecular flexibility index (Phi) is 8.14. The van der Waals surface area contributed by atoms with Gasteiger partial charge in [0.25, 0.3) is 5.91 Å². The minimum atomic E-state index is -0.228. The summed E-state index contributed by atoms with van der Waals surface area (Å²) < 4.78 is 5.23. The van der Waals surface area contributed by atoms with Crippen LogP contribution in [0.2, 0.25) is 0 Å². The summed E-state index contributed by atoms with van der Waals surface area (Å²) in [5, 5.41) is 3.49. The molecule has 1 aliphatic heterocycles. The summed E-state index contributed by atoms with van der Waals surface area (Å²) in [7, 11) is 1.61. The number of anilines is 2. The number of carbonyl (C=O) groups excluding carboxylic acids is 2. The van der Waals surface area contributed by atoms with Gasteiger partial charge in [-0.3, -0.25) is 14.5 Å². The molecule has 1 aliphatic rings. The number of nitrogens with one attached hydrogen (secondary N) is 1. The molecule has 0 atom stereocenters. The fourth-order valence-electron chi connectivity index (χ4n) is 4.19. The molecule has 7 heteroatoms. The largest absolute Gasteiger partial charge is 0.497 e. The molecule has 0 saturated carbocycles. The van der Waals surface area contributed by atoms with Gasteiger partial charge in [-0.15, -0.1) is 0 Å². The molecule has 0 unspecified atom stereocenters. The highest BCUT2D eigenvalue weighted by molar-refractivity contribution is 8.14. The minimum absolute atomic E-state index is 0.121. The van der Waals surface area contributed by atoms with Gasteiger partial charge in [-0.2, -0.15) is 0 Å². The van der Waals surface area contributed by atoms with Gasteiger partial charge in [-0.25, -0.2) is 4.99 Å². The zero-order valence-corrected chi connectivity index (χ0v) is 22.6. The van der Waals surface area contributed by atoms with Crippen LogP contribution in [-0.2, 0) is 9.59 Å². The van der Waals surface area contributed by atoms with Gasteiger partial charge in [0, 0.05) is 5.69 Å². The van der Waals surface area contributed by atoms with E-state index in [1.165, 1.54) is 11.8 Å². The highest BCUT2D eigenvalue weighted by atomic mass is 32.2. The fourth-order valence-corrected chi connectivity index (χ4v) is 5.00. The van der Waals surface area contributed by atoms with Gasteiger partial charge < -0.3 is 10.1 Å². The standard InChI is InChI=1S/C30H31N3O3S/c1-19(2)25-8-6-7-9-26(25)31-28(34)18-37-30-32-27(17-22-10-12-24(36-5)13-11-22)29(35)33(30)23-15-20(3)14-21(4)16-23/h6-17,19H,18H2,1-5H3,(H,31,34). The molecule has 0 bridgehead atoms. The molecule has 0 aromatic heterocycles. The van der Waals surface area contributed by atoms with Crippen molar-refractivity contribution in [2.45, 2.75) is 33.6 Å². The van der Waals surface area contributed by atoms with Crippen molar-refractivity contribution in [3.8, 4) is 5.75 Å². The average molecular weight is 514 g/mol. The Balaban J connectivity index is 1.60. The first-order valence-corrected chi connectivity index (χ1v) is 13.1. The quantitative estimate of drug-likeness (QED) is 0.364. The van der Waals surface area contributed by atoms with Crippen LogP contribution in [0.25, 0.3) is 6.08 Å². The number of ether oxygens (including phenoxy) is 1. The van der Waals surface area contributed by atoms with Crippen LogP contribution in [0.1, 0.15) is 42.0 Å². The lowest BCUT2D eigenvalue weighted by molar-refractivity contribution is -0.114. The van der Waals surface area contributed by atoms with E-state index >= 15 is 0 Å². The topological polar surface area (TPSA) is 71.0 Å². The fraction of sp³-hybridized carbons (Fsp3) is 0.233. The molecular formula is C30H31N3O3S. The second-order valence-electron chi connectivity index (χ2n) is 9.26. The van der Waals surface area contributed by atoms with E-state index in [0.717, 1.165) is 39.4 Å². The Morgan fingerprint density at radius 1 is 1.05 bits per heavy atom. The van der Waals surface area contributed by atoms with Crippen molar-refractivity contribution >= 4 is 46.2 Å². The van der Waals surface area contributed by atoms with Crippen LogP contribution < -0.4 is 15.0 Å². The van der Waals surface area contributed by atoms with E-state index in [-0.39, 0.29) is 23.5 Å². The van der Waals surface area contributed by atoms with Gasteiger partial charge in [0.2, 0.25) is 5.91 Å². The third-order valence-corrected chi connectivity index (χ3v) is 6.84. The van der Waals surface area contributed by atoms with Gasteiger partial charge in [0.15, 0.2) is 5.17 Å². The Bertz CT molecular complexity index is 1360. The van der Waals surface area contributed by atoms with Gasteiger partial charge >= 0.3 is 0 Å². The minimum Gasteiger partial charge on any atom is -0.497 e. The van der Waals surface area contributed by atoms with Crippen LogP contribution in [0.4, 0.5) is 11.4 Å². The lowest BCUT2D eigenvalue weighted by Gasteiger charge is -2.19. The number of hydrogen-bond acceptors (Lipinski definition) is 5. The lowest BCUT2D eigenvalue weighted by Crippen LogP contribution is -2.31. The maximum absolute atomic E-state index is 13.5. The summed E-state index contributed by atoms with van der Waals surface area (Å²) in [4.78, 5) is 32.7. The number of para-hydroxylation sites is 1. The maximum Gasteiger partial charge on any atom is 0.283 e. The third kappa shape index (κ3) is 6.30. The molecule has 0 saturated heterocycles. The second-order valence-corrected chi connectivity index (χ2v) is 10.2. The number of carbonyl (C=O) groups is 2. The summed E-state index contributed by atoms with van der Waals surface area (Å²) in [6.07, 6.45) is 1.75. The molecule has 190 valence electrons. The molecule has 1 heterocycles. The predicted molar refractivity (Wildman–Crippen MR) is 153 cm³/mol. The summed E-state index contributed by atoms with van der Waals surface area (Å²) in [5.41, 5.74) is 5.86. The number of hydrogen-bond donors (Lipinski definition) is 1. The van der Waals surface area contributed by atoms with Crippen molar-refractivity contribution in [3.05, 3.63) is 94.7 Å². The van der Waals surface area contributed by atoms with Gasteiger partial charge in [0.05, 0.1) is 18.6 Å². The van der Waals surface area contributed by atoms with Crippen molar-refractivity contribution in [2.24, 2.45) is 4.99 Å². The van der Waals surface area contributed by atoms with Gasteiger partial charge in [-0.05, 0) is 78.4 Å². The number of amidine groups is 1. The van der Waals surface area contributed by atoms with E-state index in [9.17, 15) is 9.59 Å². The third-order valence-electron chi connectivity index (χ3n) is 5.90. The Morgan fingerprint density at radius 2 is 1.73 bits per heavy atom. The molecule has 0 fully saturated rings. The second kappa shape index (κ2) is 11.5. The Hall–Kier alpha value is -3.84. The summed E-state index contributed by atoms with van der Waals surface area (Å²) in [5.74, 6) is 0.763. The smallest absolute Gasteiger partial charge is 0.283 e. The Labute approximate surface area is 222 Å². The Morgan fingerprint density at radius 3 is 2.38 bits per heavy atom. The zero-order valence-electron chi connectivity index (χ0n) is 21.7. The lowest BCUT2D eigenvalue weighted by atomic mass is 10.0. The zero-order chi connectivity index (χ0) is 26.5. The number of aryl methyl sites for hydroxylation is 2. The first kappa shape index (κ1) is 26.2. The molecule has 0 aliphatic carbocycles. The summed E-state index contributed by atoms with van der Waals surface area (Å²) in [6, 6.07) is 21.2. The van der Waals surface area contributed by atoms with E-state index in [1.54, 1.807) is 18.1 Å². The average Bonchev–Trinajstić information content (AvgIpc) is 3.17. The highest BCUT2D eigenvalue weighted by Gasteiger charge is 2.32. The molecule has 0 spiro atoms. The molecule has 2 amide bonds. The number of aliphatic imine (C=N–C) groups is 1. The number of methoxy groups -OCH3 is 1. The van der Waals surface area contributed by atoms with Crippen LogP contribution in [0.15, 0.2) is 77.4 Å². The number of amides is 2. The molecule has 3 aromatic rings. The van der Waals surface area contributed by atoms with Crippen molar-refractivity contribution in [3.63, 3.8) is 0 Å². The van der Waals surface area contributed by atoms with Crippen LogP contribution >= 0.6 is 11.8 Å². The van der Waals surface area contributed by atoms with Gasteiger partial charge in [0.1, 0.15) is 11.4 Å². The number of nitrogens with zero attached hydrogens (tertiary/aromatic N) is 2. The molecule has 37 heavy (non-hydrogen) atoms. The van der Waals surface area contributed by atoms with E-state index in [4.69, 9.17) is 4.74 Å². The van der Waals surface area contributed by atoms with Gasteiger partial charge in [-0.1, -0.05) is 62.0 Å². The molecule has 6 nitrogen and oxygen atoms in total. The number of rotatable bonds is 7. The monoisotopic (exact) mass is 513 g/mol. The highest BCUT2D eigenvalue weighted by Crippen LogP contribution is 2.31. The van der Waals surface area contributed by atoms with Crippen molar-refractivity contribution in [1.82, 2.24) is 0 Å². The number of benzene rings is 3. The van der Waals surface area contributed by atoms with E-state index in [0.29, 0.717) is 10.9 Å². The van der Waals surface area contributed by atoms with Crippen LogP contribution in [-0.4, -0.2) is 29.8 Å². The first-order chi connectivity index (χ1) is 17.7. The summed E-state index contributed by atoms with van der Waals surface area (Å²) >= 11 is 1.25. The molecular weight excluding hydrogens is 482 g/mol. The van der Waals surface area contributed by atoms with E-state index in [2.05, 4.69) is 30.2 Å². The predicted octanol–water partition coefficient (Wildman–Crippen LogP) is 6.55. The molecule has 1 N–H and O–H groups in total. The first-order valence-electron chi connectivity index (χ1n) is 12.1. The molecule has 3 aromatic carbocycles. The van der Waals surface area contributed by atoms with E-state index in [1.807, 2.05) is 74.5 Å². The maximum atomic E-state index is 13.5. The molecule has 0 radical (unpaired) electrons. The summed E-state index contributed by atoms with van der Waals surface area (Å²) in [6.45, 7) is 8.18. The number of thioether (sulfide) groups is 1. The molecule has 4 rings (SSSR count). The van der Waals surface area contributed by atoms with Crippen molar-refractivity contribution < 1.29 is 14.3 Å². The van der Waals surface area contributed by atoms with Crippen molar-refractivity contribution in [2.75, 3.05) is 23.1 Å².